The summed E-state index contributed by atoms with van der Waals surface area (Å²) in [6.07, 6.45) is 34.2. The summed E-state index contributed by atoms with van der Waals surface area (Å²) in [6.45, 7) is 6.67. The molecule has 0 saturated carbocycles. The summed E-state index contributed by atoms with van der Waals surface area (Å²) in [5, 5.41) is 60.6. The average molecular weight is 1960 g/mol. The zero-order valence-electron chi connectivity index (χ0n) is 65.5. The first-order chi connectivity index (χ1) is 52.8. The van der Waals surface area contributed by atoms with Gasteiger partial charge in [0.2, 0.25) is 0 Å². The van der Waals surface area contributed by atoms with Crippen LogP contribution in [0.4, 0.5) is 0 Å². The summed E-state index contributed by atoms with van der Waals surface area (Å²) in [5.74, 6) is -1.02. The number of esters is 6. The van der Waals surface area contributed by atoms with Crippen LogP contribution in [0.1, 0.15) is 309 Å². The number of unbranched alkanes of at least 4 members (excludes halogenated alkanes) is 26. The Kier molecular flexibility index (Phi) is 127. The Bertz CT molecular complexity index is 1760. The Labute approximate surface area is 731 Å². The summed E-state index contributed by atoms with van der Waals surface area (Å²) >= 11 is 26.7. The topological polar surface area (TPSA) is 399 Å². The van der Waals surface area contributed by atoms with Gasteiger partial charge >= 0.3 is 167 Å². The van der Waals surface area contributed by atoms with Crippen molar-refractivity contribution >= 4 is 227 Å². The number of aliphatic carboxylic acids is 6. The van der Waals surface area contributed by atoms with Gasteiger partial charge in [0.25, 0.3) is 0 Å². The molecule has 0 atom stereocenters. The Hall–Kier alpha value is -1.26. The van der Waals surface area contributed by atoms with E-state index in [4.69, 9.17) is 28.4 Å². The second-order valence-electron chi connectivity index (χ2n) is 24.0. The van der Waals surface area contributed by atoms with E-state index in [1.165, 1.54) is 37.2 Å². The van der Waals surface area contributed by atoms with Gasteiger partial charge in [-0.3, -0.25) is 28.8 Å². The Morgan fingerprint density at radius 3 is 0.464 bits per heavy atom. The van der Waals surface area contributed by atoms with E-state index in [0.29, 0.717) is 151 Å². The summed E-state index contributed by atoms with van der Waals surface area (Å²) in [5.41, 5.74) is 0. The van der Waals surface area contributed by atoms with Crippen molar-refractivity contribution in [3.8, 4) is 0 Å². The van der Waals surface area contributed by atoms with Crippen molar-refractivity contribution in [1.82, 2.24) is 0 Å². The van der Waals surface area contributed by atoms with Gasteiger partial charge in [-0.15, -0.1) is 0 Å². The smallest absolute Gasteiger partial charge is 0.305 e. The first-order valence-electron chi connectivity index (χ1n) is 38.5. The largest absolute Gasteiger partial charge is 0.550 e. The molecule has 0 heterocycles. The predicted molar refractivity (Wildman–Crippen MR) is 454 cm³/mol. The third kappa shape index (κ3) is 145. The van der Waals surface area contributed by atoms with E-state index < -0.39 is 35.8 Å². The van der Waals surface area contributed by atoms with Crippen LogP contribution in [0, 0.1) is 0 Å². The monoisotopic (exact) mass is 1960 g/mol. The van der Waals surface area contributed by atoms with E-state index in [9.17, 15) is 88.2 Å². The number of ether oxygens (including phenoxy) is 6. The first kappa shape index (κ1) is 124. The van der Waals surface area contributed by atoms with Crippen LogP contribution in [0.15, 0.2) is 0 Å². The third-order valence-corrected chi connectivity index (χ3v) is 24.0. The molecule has 0 bridgehead atoms. The van der Waals surface area contributed by atoms with Gasteiger partial charge in [-0.1, -0.05) is 116 Å². The molecule has 0 radical (unpaired) electrons. The molecule has 36 heteroatoms. The summed E-state index contributed by atoms with van der Waals surface area (Å²) in [6, 6.07) is 0. The first-order valence-corrected chi connectivity index (χ1v) is 53.9. The zero-order valence-corrected chi connectivity index (χ0v) is 79.9. The molecule has 0 N–H and O–H groups in total. The van der Waals surface area contributed by atoms with Crippen LogP contribution in [0.3, 0.4) is 0 Å². The molecule has 0 saturated heterocycles. The van der Waals surface area contributed by atoms with Crippen molar-refractivity contribution in [1.29, 1.82) is 0 Å². The summed E-state index contributed by atoms with van der Waals surface area (Å²) in [4.78, 5) is 127. The molecule has 0 aromatic heterocycles. The van der Waals surface area contributed by atoms with E-state index in [1.807, 2.05) is 37.5 Å². The molecule has 0 amide bonds. The van der Waals surface area contributed by atoms with Gasteiger partial charge in [0.15, 0.2) is 0 Å². The molecule has 0 aliphatic rings. The van der Waals surface area contributed by atoms with Gasteiger partial charge in [0, 0.05) is 109 Å². The van der Waals surface area contributed by atoms with Gasteiger partial charge in [-0.2, -0.15) is 75.8 Å². The molecule has 0 unspecified atom stereocenters. The number of carboxylic acid groups (broad SMARTS) is 6. The molecule has 0 spiro atoms. The van der Waals surface area contributed by atoms with Gasteiger partial charge in [0.1, 0.15) is 39.6 Å². The minimum Gasteiger partial charge on any atom is -0.550 e. The van der Waals surface area contributed by atoms with E-state index >= 15 is 0 Å². The average Bonchev–Trinajstić information content (AvgIpc) is 1.39. The Morgan fingerprint density at radius 1 is 0.227 bits per heavy atom. The van der Waals surface area contributed by atoms with Crippen LogP contribution in [-0.2, 0) is 86.0 Å². The quantitative estimate of drug-likeness (QED) is 0.00823. The van der Waals surface area contributed by atoms with Crippen molar-refractivity contribution in [2.45, 2.75) is 309 Å². The molecule has 0 rings (SSSR count). The molecule has 0 aliphatic carbocycles. The van der Waals surface area contributed by atoms with Crippen LogP contribution in [-0.4, -0.2) is 200 Å². The van der Waals surface area contributed by atoms with Crippen LogP contribution >= 0.6 is 113 Å². The Balaban J connectivity index is -0.000000183. The Morgan fingerprint density at radius 2 is 0.355 bits per heavy atom. The van der Waals surface area contributed by atoms with E-state index in [2.05, 4.69) is 89.6 Å². The van der Waals surface area contributed by atoms with Crippen molar-refractivity contribution in [3.05, 3.63) is 0 Å². The third-order valence-electron chi connectivity index (χ3n) is 14.0. The van der Waals surface area contributed by atoms with E-state index in [0.717, 1.165) is 154 Å². The number of rotatable bonds is 68. The number of carbonyl (C=O) groups excluding carboxylic acids is 12. The number of carboxylic acids is 6. The summed E-state index contributed by atoms with van der Waals surface area (Å²) < 4.78 is 29.1. The maximum Gasteiger partial charge on any atom is 0.305 e. The van der Waals surface area contributed by atoms with Crippen LogP contribution in [0.25, 0.3) is 0 Å². The fraction of sp³-hybridized carbons (Fsp3) is 0.838. The molecule has 0 fully saturated rings. The van der Waals surface area contributed by atoms with Crippen molar-refractivity contribution < 1.29 is 117 Å². The van der Waals surface area contributed by atoms with Crippen LogP contribution < -0.4 is 30.6 Å². The van der Waals surface area contributed by atoms with Crippen LogP contribution in [0.5, 0.6) is 0 Å². The molecule has 110 heavy (non-hydrogen) atoms. The van der Waals surface area contributed by atoms with E-state index in [-0.39, 0.29) is 74.3 Å². The normalized spacial score (nSPS) is 10.0. The zero-order chi connectivity index (χ0) is 84.4. The van der Waals surface area contributed by atoms with Crippen molar-refractivity contribution in [2.24, 2.45) is 0 Å². The SMILES string of the molecule is CCCCS[S][Sn+3].CCCCS[S][Sn+3].O=C([O-])CCCCCCCC(=O)OCCS.O=C([O-])CCCCCCCC(=O)OCCS.O=C([O-])CCCCCCCC(=O)OCCS.O=C([O-])CCCCCCCC(=O)OCCS.O=C([O-])CCCCCCCC(=O)OCCS.O=C([O-])CCCCCCCC(=O)OCCS. The second-order valence-corrected chi connectivity index (χ2v) is 39.3. The fourth-order valence-corrected chi connectivity index (χ4v) is 15.3. The molecule has 24 nitrogen and oxygen atoms in total. The molecular formula is C74H132O24S10Sn2. The van der Waals surface area contributed by atoms with Crippen molar-refractivity contribution in [2.75, 3.05) is 85.7 Å². The maximum absolute atomic E-state index is 11.0. The molecular weight excluding hydrogens is 1830 g/mol. The number of carbonyl (C=O) groups is 12. The molecule has 0 aromatic carbocycles. The van der Waals surface area contributed by atoms with Crippen LogP contribution in [0.2, 0.25) is 0 Å². The maximum atomic E-state index is 11.0. The number of hydrogen-bond acceptors (Lipinski definition) is 34. The van der Waals surface area contributed by atoms with E-state index in [1.54, 1.807) is 42.3 Å². The summed E-state index contributed by atoms with van der Waals surface area (Å²) in [7, 11) is 7.88. The van der Waals surface area contributed by atoms with Crippen molar-refractivity contribution in [3.63, 3.8) is 0 Å². The van der Waals surface area contributed by atoms with Gasteiger partial charge < -0.3 is 87.8 Å². The fourth-order valence-electron chi connectivity index (χ4n) is 8.29. The minimum atomic E-state index is -0.990. The molecule has 0 aromatic rings. The standard InChI is InChI=1S/6C11H20O4S.2C4H10S2.2Sn/c6*12-10(13)6-4-2-1-3-5-7-11(14)15-8-9-16;2*1-2-3-4-6-5;;/h6*16H,1-9H2,(H,12,13);2*5H,2-4H2,1H3;;/q;;;;;;;;2*+4/p-8. The number of thiol groups is 6. The van der Waals surface area contributed by atoms with Gasteiger partial charge in [-0.05, 0) is 116 Å². The minimum absolute atomic E-state index is 0.129. The predicted octanol–water partition coefficient (Wildman–Crippen LogP) is 10.1. The van der Waals surface area contributed by atoms with Gasteiger partial charge in [-0.25, -0.2) is 0 Å². The molecule has 0 aliphatic heterocycles. The molecule has 640 valence electrons. The van der Waals surface area contributed by atoms with Gasteiger partial charge in [0.05, 0.1) is 0 Å². The second kappa shape index (κ2) is 112. The number of hydrogen-bond donors (Lipinski definition) is 6.